The topological polar surface area (TPSA) is 120 Å². The number of amides is 2. The lowest BCUT2D eigenvalue weighted by atomic mass is 10.1. The second-order valence-electron chi connectivity index (χ2n) is 6.29. The maximum atomic E-state index is 12.6. The lowest BCUT2D eigenvalue weighted by Gasteiger charge is -2.12. The number of nitrogens with one attached hydrogen (secondary N) is 2. The molecule has 0 heterocycles. The Bertz CT molecular complexity index is 1010. The third-order valence-electron chi connectivity index (χ3n) is 4.09. The maximum Gasteiger partial charge on any atom is 0.264 e. The van der Waals surface area contributed by atoms with Gasteiger partial charge in [0.05, 0.1) is 31.9 Å². The molecule has 9 nitrogen and oxygen atoms in total. The van der Waals surface area contributed by atoms with Crippen molar-refractivity contribution < 1.29 is 32.2 Å². The Labute approximate surface area is 175 Å². The zero-order valence-electron chi connectivity index (χ0n) is 17.1. The van der Waals surface area contributed by atoms with Gasteiger partial charge in [-0.2, -0.15) is 0 Å². The number of carbonyl (C=O) groups is 2. The molecule has 0 aromatic heterocycles. The van der Waals surface area contributed by atoms with Crippen LogP contribution in [0.1, 0.15) is 18.9 Å². The number of benzene rings is 2. The zero-order valence-corrected chi connectivity index (χ0v) is 18.0. The molecule has 0 fully saturated rings. The molecule has 10 heteroatoms. The third kappa shape index (κ3) is 6.11. The minimum Gasteiger partial charge on any atom is -0.497 e. The second-order valence-corrected chi connectivity index (χ2v) is 7.98. The van der Waals surface area contributed by atoms with Crippen molar-refractivity contribution in [3.63, 3.8) is 0 Å². The van der Waals surface area contributed by atoms with Gasteiger partial charge in [-0.1, -0.05) is 0 Å². The molecular formula is C20H24N2O7S. The Morgan fingerprint density at radius 3 is 2.10 bits per heavy atom. The van der Waals surface area contributed by atoms with E-state index in [9.17, 15) is 18.0 Å². The van der Waals surface area contributed by atoms with Crippen LogP contribution >= 0.6 is 0 Å². The normalized spacial score (nSPS) is 10.8. The average molecular weight is 436 g/mol. The van der Waals surface area contributed by atoms with E-state index in [4.69, 9.17) is 14.2 Å². The van der Waals surface area contributed by atoms with E-state index >= 15 is 0 Å². The van der Waals surface area contributed by atoms with E-state index in [1.54, 1.807) is 18.2 Å². The average Bonchev–Trinajstić information content (AvgIpc) is 2.71. The molecule has 0 spiro atoms. The van der Waals surface area contributed by atoms with Gasteiger partial charge in [0.15, 0.2) is 0 Å². The van der Waals surface area contributed by atoms with Crippen LogP contribution in [-0.2, 0) is 26.0 Å². The van der Waals surface area contributed by atoms with Crippen molar-refractivity contribution in [3.8, 4) is 17.2 Å². The van der Waals surface area contributed by atoms with Gasteiger partial charge in [-0.15, -0.1) is 0 Å². The Morgan fingerprint density at radius 2 is 1.57 bits per heavy atom. The number of hydrogen-bond donors (Lipinski definition) is 2. The van der Waals surface area contributed by atoms with Crippen molar-refractivity contribution in [1.29, 1.82) is 0 Å². The third-order valence-corrected chi connectivity index (χ3v) is 5.46. The summed E-state index contributed by atoms with van der Waals surface area (Å²) in [5.74, 6) is 0.374. The number of methoxy groups -OCH3 is 3. The van der Waals surface area contributed by atoms with E-state index in [1.807, 2.05) is 4.72 Å². The van der Waals surface area contributed by atoms with Crippen molar-refractivity contribution in [1.82, 2.24) is 4.72 Å². The lowest BCUT2D eigenvalue weighted by Crippen LogP contribution is -2.30. The van der Waals surface area contributed by atoms with Gasteiger partial charge in [-0.3, -0.25) is 9.59 Å². The van der Waals surface area contributed by atoms with Crippen molar-refractivity contribution in [2.45, 2.75) is 24.7 Å². The number of rotatable bonds is 9. The Morgan fingerprint density at radius 1 is 0.933 bits per heavy atom. The minimum atomic E-state index is -4.13. The highest BCUT2D eigenvalue weighted by molar-refractivity contribution is 7.90. The highest BCUT2D eigenvalue weighted by Gasteiger charge is 2.20. The summed E-state index contributed by atoms with van der Waals surface area (Å²) in [5.41, 5.74) is 0.944. The molecule has 0 saturated heterocycles. The van der Waals surface area contributed by atoms with Crippen molar-refractivity contribution >= 4 is 27.5 Å². The molecule has 0 radical (unpaired) electrons. The van der Waals surface area contributed by atoms with Crippen LogP contribution in [0.25, 0.3) is 0 Å². The molecule has 0 aliphatic rings. The molecule has 2 aromatic rings. The van der Waals surface area contributed by atoms with E-state index in [1.165, 1.54) is 46.5 Å². The molecular weight excluding hydrogens is 412 g/mol. The first-order valence-corrected chi connectivity index (χ1v) is 10.4. The molecule has 0 aliphatic heterocycles. The number of sulfonamides is 1. The standard InChI is InChI=1S/C20H24N2O7S/c1-13(23)21-18-12-17(6-7-19(18)29-4)30(25,26)22-20(24)8-5-14-9-15(27-2)11-16(10-14)28-3/h6-7,9-12H,5,8H2,1-4H3,(H,21,23)(H,22,24). The van der Waals surface area contributed by atoms with Crippen LogP contribution in [-0.4, -0.2) is 41.6 Å². The number of carbonyl (C=O) groups excluding carboxylic acids is 2. The molecule has 0 bridgehead atoms. The molecule has 30 heavy (non-hydrogen) atoms. The van der Waals surface area contributed by atoms with E-state index in [0.717, 1.165) is 5.56 Å². The summed E-state index contributed by atoms with van der Waals surface area (Å²) in [6, 6.07) is 9.09. The molecule has 2 amide bonds. The first-order valence-electron chi connectivity index (χ1n) is 8.91. The molecule has 2 rings (SSSR count). The van der Waals surface area contributed by atoms with Gasteiger partial charge in [-0.25, -0.2) is 13.1 Å². The number of ether oxygens (including phenoxy) is 3. The van der Waals surface area contributed by atoms with Crippen LogP contribution < -0.4 is 24.2 Å². The van der Waals surface area contributed by atoms with E-state index < -0.39 is 15.9 Å². The lowest BCUT2D eigenvalue weighted by molar-refractivity contribution is -0.119. The first kappa shape index (κ1) is 23.0. The SMILES string of the molecule is COc1cc(CCC(=O)NS(=O)(=O)c2ccc(OC)c(NC(C)=O)c2)cc(OC)c1. The van der Waals surface area contributed by atoms with Crippen LogP contribution in [0.15, 0.2) is 41.3 Å². The van der Waals surface area contributed by atoms with Gasteiger partial charge in [0.2, 0.25) is 11.8 Å². The molecule has 2 N–H and O–H groups in total. The van der Waals surface area contributed by atoms with Crippen LogP contribution in [0.4, 0.5) is 5.69 Å². The van der Waals surface area contributed by atoms with Crippen LogP contribution in [0.3, 0.4) is 0 Å². The second kappa shape index (κ2) is 9.97. The highest BCUT2D eigenvalue weighted by atomic mass is 32.2. The van der Waals surface area contributed by atoms with E-state index in [2.05, 4.69) is 5.32 Å². The summed E-state index contributed by atoms with van der Waals surface area (Å²) in [4.78, 5) is 23.4. The van der Waals surface area contributed by atoms with Crippen LogP contribution in [0.2, 0.25) is 0 Å². The predicted octanol–water partition coefficient (Wildman–Crippen LogP) is 2.11. The number of hydrogen-bond acceptors (Lipinski definition) is 7. The Kier molecular flexibility index (Phi) is 7.65. The van der Waals surface area contributed by atoms with Crippen molar-refractivity contribution in [3.05, 3.63) is 42.0 Å². The summed E-state index contributed by atoms with van der Waals surface area (Å²) in [7, 11) is 0.296. The molecule has 0 saturated carbocycles. The molecule has 0 atom stereocenters. The maximum absolute atomic E-state index is 12.6. The Balaban J connectivity index is 2.12. The smallest absolute Gasteiger partial charge is 0.264 e. The predicted molar refractivity (Wildman–Crippen MR) is 110 cm³/mol. The monoisotopic (exact) mass is 436 g/mol. The fourth-order valence-electron chi connectivity index (χ4n) is 2.67. The highest BCUT2D eigenvalue weighted by Crippen LogP contribution is 2.27. The molecule has 0 unspecified atom stereocenters. The van der Waals surface area contributed by atoms with Gasteiger partial charge in [-0.05, 0) is 42.3 Å². The molecule has 2 aromatic carbocycles. The van der Waals surface area contributed by atoms with Gasteiger partial charge < -0.3 is 19.5 Å². The summed E-state index contributed by atoms with van der Waals surface area (Å²) in [5, 5.41) is 2.49. The minimum absolute atomic E-state index is 0.0652. The molecule has 0 aliphatic carbocycles. The number of aryl methyl sites for hydroxylation is 1. The largest absolute Gasteiger partial charge is 0.497 e. The summed E-state index contributed by atoms with van der Waals surface area (Å²) in [6.07, 6.45) is 0.221. The van der Waals surface area contributed by atoms with Crippen molar-refractivity contribution in [2.75, 3.05) is 26.6 Å². The van der Waals surface area contributed by atoms with E-state index in [0.29, 0.717) is 17.2 Å². The quantitative estimate of drug-likeness (QED) is 0.618. The summed E-state index contributed by atoms with van der Waals surface area (Å²) in [6.45, 7) is 1.29. The fourth-order valence-corrected chi connectivity index (χ4v) is 3.71. The van der Waals surface area contributed by atoms with Crippen LogP contribution in [0.5, 0.6) is 17.2 Å². The van der Waals surface area contributed by atoms with E-state index in [-0.39, 0.29) is 29.3 Å². The van der Waals surface area contributed by atoms with Gasteiger partial charge >= 0.3 is 0 Å². The Hall–Kier alpha value is -3.27. The van der Waals surface area contributed by atoms with Crippen molar-refractivity contribution in [2.24, 2.45) is 0 Å². The first-order chi connectivity index (χ1) is 14.2. The van der Waals surface area contributed by atoms with Gasteiger partial charge in [0, 0.05) is 19.4 Å². The molecule has 162 valence electrons. The summed E-state index contributed by atoms with van der Waals surface area (Å²) >= 11 is 0. The zero-order chi connectivity index (χ0) is 22.3. The van der Waals surface area contributed by atoms with Gasteiger partial charge in [0.25, 0.3) is 10.0 Å². The fraction of sp³-hybridized carbons (Fsp3) is 0.300. The summed E-state index contributed by atoms with van der Waals surface area (Å²) < 4.78 is 42.6. The van der Waals surface area contributed by atoms with Crippen LogP contribution in [0, 0.1) is 0 Å². The number of anilines is 1. The van der Waals surface area contributed by atoms with Gasteiger partial charge in [0.1, 0.15) is 17.2 Å².